The van der Waals surface area contributed by atoms with Gasteiger partial charge in [-0.1, -0.05) is 48.5 Å². The van der Waals surface area contributed by atoms with Crippen LogP contribution in [0.5, 0.6) is 0 Å². The minimum atomic E-state index is -0.562. The first-order chi connectivity index (χ1) is 12.6. The largest absolute Gasteiger partial charge is 0.337 e. The monoisotopic (exact) mass is 347 g/mol. The van der Waals surface area contributed by atoms with Gasteiger partial charge in [-0.05, 0) is 29.0 Å². The molecule has 1 amide bonds. The van der Waals surface area contributed by atoms with E-state index in [4.69, 9.17) is 5.73 Å². The van der Waals surface area contributed by atoms with E-state index in [0.717, 1.165) is 22.2 Å². The van der Waals surface area contributed by atoms with Crippen molar-refractivity contribution >= 4 is 16.7 Å². The number of amides is 1. The Morgan fingerprint density at radius 1 is 1.08 bits per heavy atom. The normalized spacial score (nSPS) is 14.9. The first kappa shape index (κ1) is 16.5. The average molecular weight is 347 g/mol. The third kappa shape index (κ3) is 3.02. The van der Waals surface area contributed by atoms with Crippen LogP contribution in [0, 0.1) is 0 Å². The average Bonchev–Trinajstić information content (AvgIpc) is 2.68. The lowest BCUT2D eigenvalue weighted by Gasteiger charge is -2.31. The van der Waals surface area contributed by atoms with Crippen LogP contribution >= 0.6 is 0 Å². The predicted octanol–water partition coefficient (Wildman–Crippen LogP) is 1.98. The molecule has 26 heavy (non-hydrogen) atoms. The molecule has 1 atom stereocenters. The molecule has 0 spiro atoms. The van der Waals surface area contributed by atoms with Gasteiger partial charge in [0.1, 0.15) is 0 Å². The fraction of sp³-hybridized carbons (Fsp3) is 0.238. The fourth-order valence-corrected chi connectivity index (χ4v) is 3.68. The molecule has 0 radical (unpaired) electrons. The van der Waals surface area contributed by atoms with Crippen molar-refractivity contribution in [3.63, 3.8) is 0 Å². The zero-order chi connectivity index (χ0) is 18.1. The number of nitrogens with one attached hydrogen (secondary N) is 1. The van der Waals surface area contributed by atoms with Crippen LogP contribution in [0.25, 0.3) is 10.8 Å². The molecule has 0 saturated carbocycles. The van der Waals surface area contributed by atoms with E-state index in [1.54, 1.807) is 4.90 Å². The van der Waals surface area contributed by atoms with Crippen molar-refractivity contribution in [2.75, 3.05) is 6.54 Å². The lowest BCUT2D eigenvalue weighted by atomic mass is 9.97. The van der Waals surface area contributed by atoms with Crippen molar-refractivity contribution in [2.24, 2.45) is 5.73 Å². The molecule has 1 aromatic heterocycles. The lowest BCUT2D eigenvalue weighted by molar-refractivity contribution is -0.133. The standard InChI is InChI=1S/C21H21N3O2/c22-18(12-14-6-2-1-3-7-14)21(26)24-11-10-19-17(13-24)15-8-4-5-9-16(15)20(25)23-19/h1-9,18H,10-13,22H2,(H,23,25)/t18-/m1/s1. The van der Waals surface area contributed by atoms with Crippen molar-refractivity contribution in [3.05, 3.63) is 81.8 Å². The van der Waals surface area contributed by atoms with E-state index in [1.807, 2.05) is 54.6 Å². The number of hydrogen-bond acceptors (Lipinski definition) is 3. The van der Waals surface area contributed by atoms with Crippen LogP contribution in [0.3, 0.4) is 0 Å². The quantitative estimate of drug-likeness (QED) is 0.760. The van der Waals surface area contributed by atoms with Crippen LogP contribution in [0.4, 0.5) is 0 Å². The molecule has 0 unspecified atom stereocenters. The molecule has 3 aromatic rings. The number of fused-ring (bicyclic) bond motifs is 3. The van der Waals surface area contributed by atoms with Crippen LogP contribution in [0.2, 0.25) is 0 Å². The van der Waals surface area contributed by atoms with Crippen molar-refractivity contribution in [1.29, 1.82) is 0 Å². The highest BCUT2D eigenvalue weighted by Gasteiger charge is 2.27. The molecule has 5 heteroatoms. The van der Waals surface area contributed by atoms with E-state index in [2.05, 4.69) is 4.98 Å². The topological polar surface area (TPSA) is 79.2 Å². The van der Waals surface area contributed by atoms with Gasteiger partial charge in [0, 0.05) is 30.6 Å². The summed E-state index contributed by atoms with van der Waals surface area (Å²) in [5, 5.41) is 1.58. The molecule has 132 valence electrons. The maximum absolute atomic E-state index is 12.8. The summed E-state index contributed by atoms with van der Waals surface area (Å²) in [4.78, 5) is 29.8. The highest BCUT2D eigenvalue weighted by Crippen LogP contribution is 2.24. The van der Waals surface area contributed by atoms with E-state index in [0.29, 0.717) is 31.3 Å². The Morgan fingerprint density at radius 2 is 1.77 bits per heavy atom. The van der Waals surface area contributed by atoms with Gasteiger partial charge in [0.25, 0.3) is 5.56 Å². The van der Waals surface area contributed by atoms with Gasteiger partial charge in [0.2, 0.25) is 5.91 Å². The third-order valence-electron chi connectivity index (χ3n) is 5.03. The molecule has 0 fully saturated rings. The Hall–Kier alpha value is -2.92. The summed E-state index contributed by atoms with van der Waals surface area (Å²) in [6.45, 7) is 1.05. The number of nitrogens with zero attached hydrogens (tertiary/aromatic N) is 1. The molecule has 4 rings (SSSR count). The van der Waals surface area contributed by atoms with Gasteiger partial charge in [0.15, 0.2) is 0 Å². The van der Waals surface area contributed by atoms with Gasteiger partial charge in [-0.3, -0.25) is 9.59 Å². The molecule has 0 saturated heterocycles. The van der Waals surface area contributed by atoms with Crippen molar-refractivity contribution in [1.82, 2.24) is 9.88 Å². The number of hydrogen-bond donors (Lipinski definition) is 2. The molecule has 3 N–H and O–H groups in total. The maximum atomic E-state index is 12.8. The van der Waals surface area contributed by atoms with Crippen molar-refractivity contribution in [2.45, 2.75) is 25.4 Å². The summed E-state index contributed by atoms with van der Waals surface area (Å²) in [6, 6.07) is 16.8. The molecule has 1 aliphatic heterocycles. The van der Waals surface area contributed by atoms with Gasteiger partial charge in [-0.2, -0.15) is 0 Å². The fourth-order valence-electron chi connectivity index (χ4n) is 3.68. The van der Waals surface area contributed by atoms with E-state index >= 15 is 0 Å². The first-order valence-electron chi connectivity index (χ1n) is 8.84. The van der Waals surface area contributed by atoms with Crippen LogP contribution in [-0.2, 0) is 24.2 Å². The SMILES string of the molecule is N[C@H](Cc1ccccc1)C(=O)N1CCc2[nH]c(=O)c3ccccc3c2C1. The van der Waals surface area contributed by atoms with E-state index in [-0.39, 0.29) is 11.5 Å². The highest BCUT2D eigenvalue weighted by atomic mass is 16.2. The lowest BCUT2D eigenvalue weighted by Crippen LogP contribution is -2.47. The third-order valence-corrected chi connectivity index (χ3v) is 5.03. The van der Waals surface area contributed by atoms with Gasteiger partial charge in [0.05, 0.1) is 6.04 Å². The zero-order valence-corrected chi connectivity index (χ0v) is 14.4. The molecule has 2 aromatic carbocycles. The number of carbonyl (C=O) groups excluding carboxylic acids is 1. The molecular formula is C21H21N3O2. The Morgan fingerprint density at radius 3 is 2.54 bits per heavy atom. The second kappa shape index (κ2) is 6.77. The molecule has 5 nitrogen and oxygen atoms in total. The summed E-state index contributed by atoms with van der Waals surface area (Å²) in [5.41, 5.74) is 9.12. The molecular weight excluding hydrogens is 326 g/mol. The number of pyridine rings is 1. The van der Waals surface area contributed by atoms with Crippen LogP contribution in [0.15, 0.2) is 59.4 Å². The van der Waals surface area contributed by atoms with Gasteiger partial charge in [-0.25, -0.2) is 0 Å². The van der Waals surface area contributed by atoms with E-state index in [9.17, 15) is 9.59 Å². The molecule has 1 aliphatic rings. The van der Waals surface area contributed by atoms with E-state index in [1.165, 1.54) is 0 Å². The smallest absolute Gasteiger partial charge is 0.256 e. The van der Waals surface area contributed by atoms with Crippen LogP contribution in [-0.4, -0.2) is 28.4 Å². The maximum Gasteiger partial charge on any atom is 0.256 e. The number of carbonyl (C=O) groups is 1. The molecule has 2 heterocycles. The Bertz CT molecular complexity index is 1010. The number of rotatable bonds is 3. The van der Waals surface area contributed by atoms with Gasteiger partial charge in [-0.15, -0.1) is 0 Å². The second-order valence-corrected chi connectivity index (χ2v) is 6.76. The Kier molecular flexibility index (Phi) is 4.31. The van der Waals surface area contributed by atoms with Crippen LogP contribution < -0.4 is 11.3 Å². The second-order valence-electron chi connectivity index (χ2n) is 6.76. The summed E-state index contributed by atoms with van der Waals surface area (Å²) < 4.78 is 0. The minimum Gasteiger partial charge on any atom is -0.337 e. The number of H-pyrrole nitrogens is 1. The molecule has 0 bridgehead atoms. The van der Waals surface area contributed by atoms with Crippen molar-refractivity contribution in [3.8, 4) is 0 Å². The number of benzene rings is 2. The Balaban J connectivity index is 1.59. The Labute approximate surface area is 151 Å². The minimum absolute atomic E-state index is 0.0465. The summed E-state index contributed by atoms with van der Waals surface area (Å²) in [7, 11) is 0. The summed E-state index contributed by atoms with van der Waals surface area (Å²) >= 11 is 0. The van der Waals surface area contributed by atoms with Crippen LogP contribution in [0.1, 0.15) is 16.8 Å². The zero-order valence-electron chi connectivity index (χ0n) is 14.4. The predicted molar refractivity (Wildman–Crippen MR) is 102 cm³/mol. The van der Waals surface area contributed by atoms with E-state index < -0.39 is 6.04 Å². The molecule has 0 aliphatic carbocycles. The van der Waals surface area contributed by atoms with Crippen molar-refractivity contribution < 1.29 is 4.79 Å². The van der Waals surface area contributed by atoms with Gasteiger partial charge < -0.3 is 15.6 Å². The highest BCUT2D eigenvalue weighted by molar-refractivity contribution is 5.87. The number of nitrogens with two attached hydrogens (primary N) is 1. The first-order valence-corrected chi connectivity index (χ1v) is 8.84. The summed E-state index contributed by atoms with van der Waals surface area (Å²) in [6.07, 6.45) is 1.16. The number of aromatic nitrogens is 1. The number of aromatic amines is 1. The van der Waals surface area contributed by atoms with Gasteiger partial charge >= 0.3 is 0 Å². The summed E-state index contributed by atoms with van der Waals surface area (Å²) in [5.74, 6) is -0.0465.